The van der Waals surface area contributed by atoms with E-state index in [9.17, 15) is 9.59 Å². The first-order chi connectivity index (χ1) is 14.0. The van der Waals surface area contributed by atoms with Crippen molar-refractivity contribution in [2.24, 2.45) is 16.6 Å². The molecule has 0 bridgehead atoms. The van der Waals surface area contributed by atoms with Crippen molar-refractivity contribution in [3.05, 3.63) is 40.6 Å². The van der Waals surface area contributed by atoms with Crippen molar-refractivity contribution < 1.29 is 9.59 Å². The Morgan fingerprint density at radius 3 is 2.83 bits per heavy atom. The molecule has 156 valence electrons. The summed E-state index contributed by atoms with van der Waals surface area (Å²) in [6.07, 6.45) is 4.84. The molecule has 1 aliphatic carbocycles. The van der Waals surface area contributed by atoms with E-state index in [2.05, 4.69) is 15.6 Å². The van der Waals surface area contributed by atoms with Crippen LogP contribution in [0, 0.1) is 12.8 Å². The Balaban J connectivity index is 1.78. The van der Waals surface area contributed by atoms with Gasteiger partial charge in [0, 0.05) is 44.2 Å². The predicted molar refractivity (Wildman–Crippen MR) is 115 cm³/mol. The highest BCUT2D eigenvalue weighted by Crippen LogP contribution is 2.29. The minimum atomic E-state index is 0.0562. The van der Waals surface area contributed by atoms with Gasteiger partial charge in [-0.2, -0.15) is 0 Å². The highest BCUT2D eigenvalue weighted by Gasteiger charge is 2.26. The molecule has 4 N–H and O–H groups in total. The number of nitrogens with one attached hydrogen (secondary N) is 2. The second-order valence-corrected chi connectivity index (χ2v) is 7.90. The van der Waals surface area contributed by atoms with Gasteiger partial charge in [0.15, 0.2) is 0 Å². The van der Waals surface area contributed by atoms with Gasteiger partial charge in [0.25, 0.3) is 0 Å². The summed E-state index contributed by atoms with van der Waals surface area (Å²) < 4.78 is 0. The van der Waals surface area contributed by atoms with Crippen LogP contribution in [0.15, 0.2) is 34.5 Å². The fourth-order valence-electron chi connectivity index (χ4n) is 3.55. The lowest BCUT2D eigenvalue weighted by Gasteiger charge is -2.30. The zero-order valence-corrected chi connectivity index (χ0v) is 17.3. The largest absolute Gasteiger partial charge is 0.388 e. The monoisotopic (exact) mass is 397 g/mol. The van der Waals surface area contributed by atoms with E-state index in [0.717, 1.165) is 47.8 Å². The van der Waals surface area contributed by atoms with Gasteiger partial charge in [-0.1, -0.05) is 6.07 Å². The second kappa shape index (κ2) is 9.58. The number of carbonyl (C=O) groups excluding carboxylic acids is 2. The SMILES string of the molecule is CC(=O)N1CCC(NCC2CC2)=C(C(N)=Nc2ccc(CCNC=O)c(C)c2)C1. The van der Waals surface area contributed by atoms with E-state index in [4.69, 9.17) is 5.73 Å². The molecule has 2 aliphatic rings. The molecule has 29 heavy (non-hydrogen) atoms. The fourth-order valence-corrected chi connectivity index (χ4v) is 3.55. The minimum Gasteiger partial charge on any atom is -0.388 e. The smallest absolute Gasteiger partial charge is 0.219 e. The molecule has 0 unspecified atom stereocenters. The molecule has 0 radical (unpaired) electrons. The van der Waals surface area contributed by atoms with Gasteiger partial charge in [-0.05, 0) is 55.4 Å². The van der Waals surface area contributed by atoms with Gasteiger partial charge in [-0.25, -0.2) is 4.99 Å². The lowest BCUT2D eigenvalue weighted by atomic mass is 10.0. The second-order valence-electron chi connectivity index (χ2n) is 7.90. The Labute approximate surface area is 172 Å². The summed E-state index contributed by atoms with van der Waals surface area (Å²) in [5.41, 5.74) is 11.5. The molecule has 0 aromatic heterocycles. The van der Waals surface area contributed by atoms with Crippen molar-refractivity contribution in [3.63, 3.8) is 0 Å². The maximum atomic E-state index is 11.9. The van der Waals surface area contributed by atoms with Crippen LogP contribution in [0.5, 0.6) is 0 Å². The lowest BCUT2D eigenvalue weighted by Crippen LogP contribution is -2.41. The highest BCUT2D eigenvalue weighted by atomic mass is 16.2. The summed E-state index contributed by atoms with van der Waals surface area (Å²) in [4.78, 5) is 28.8. The number of nitrogens with two attached hydrogens (primary N) is 1. The first-order valence-corrected chi connectivity index (χ1v) is 10.3. The number of rotatable bonds is 9. The summed E-state index contributed by atoms with van der Waals surface area (Å²) in [5, 5.41) is 6.24. The molecule has 1 heterocycles. The number of nitrogens with zero attached hydrogens (tertiary/aromatic N) is 2. The van der Waals surface area contributed by atoms with Gasteiger partial charge in [-0.15, -0.1) is 0 Å². The van der Waals surface area contributed by atoms with Gasteiger partial charge in [0.05, 0.1) is 12.2 Å². The molecule has 1 aromatic carbocycles. The Hall–Kier alpha value is -2.83. The van der Waals surface area contributed by atoms with E-state index in [1.165, 1.54) is 18.4 Å². The maximum absolute atomic E-state index is 11.9. The molecule has 7 nitrogen and oxygen atoms in total. The third-order valence-corrected chi connectivity index (χ3v) is 5.60. The Morgan fingerprint density at radius 1 is 1.38 bits per heavy atom. The Morgan fingerprint density at radius 2 is 2.17 bits per heavy atom. The average molecular weight is 398 g/mol. The van der Waals surface area contributed by atoms with Crippen molar-refractivity contribution in [1.29, 1.82) is 0 Å². The van der Waals surface area contributed by atoms with Gasteiger partial charge >= 0.3 is 0 Å². The van der Waals surface area contributed by atoms with Crippen molar-refractivity contribution >= 4 is 23.8 Å². The van der Waals surface area contributed by atoms with Crippen LogP contribution in [-0.4, -0.2) is 49.2 Å². The maximum Gasteiger partial charge on any atom is 0.219 e. The summed E-state index contributed by atoms with van der Waals surface area (Å²) >= 11 is 0. The summed E-state index contributed by atoms with van der Waals surface area (Å²) in [6, 6.07) is 5.98. The van der Waals surface area contributed by atoms with Crippen LogP contribution in [0.4, 0.5) is 5.69 Å². The quantitative estimate of drug-likeness (QED) is 0.256. The third-order valence-electron chi connectivity index (χ3n) is 5.60. The summed E-state index contributed by atoms with van der Waals surface area (Å²) in [6.45, 7) is 6.40. The molecule has 0 spiro atoms. The van der Waals surface area contributed by atoms with Crippen LogP contribution < -0.4 is 16.4 Å². The lowest BCUT2D eigenvalue weighted by molar-refractivity contribution is -0.128. The first-order valence-electron chi connectivity index (χ1n) is 10.3. The van der Waals surface area contributed by atoms with Crippen LogP contribution in [-0.2, 0) is 16.0 Å². The zero-order chi connectivity index (χ0) is 20.8. The Kier molecular flexibility index (Phi) is 6.90. The van der Waals surface area contributed by atoms with Gasteiger partial charge < -0.3 is 21.3 Å². The van der Waals surface area contributed by atoms with Crippen LogP contribution in [0.25, 0.3) is 0 Å². The summed E-state index contributed by atoms with van der Waals surface area (Å²) in [5.74, 6) is 1.28. The average Bonchev–Trinajstić information content (AvgIpc) is 3.52. The van der Waals surface area contributed by atoms with Gasteiger partial charge in [-0.3, -0.25) is 9.59 Å². The number of amidine groups is 1. The fraction of sp³-hybridized carbons (Fsp3) is 0.500. The normalized spacial score (nSPS) is 17.3. The molecule has 0 saturated heterocycles. The van der Waals surface area contributed by atoms with Crippen molar-refractivity contribution in [1.82, 2.24) is 15.5 Å². The number of amides is 2. The predicted octanol–water partition coefficient (Wildman–Crippen LogP) is 1.78. The molecule has 1 saturated carbocycles. The number of hydrogen-bond donors (Lipinski definition) is 3. The topological polar surface area (TPSA) is 99.8 Å². The number of aryl methyl sites for hydroxylation is 1. The van der Waals surface area contributed by atoms with Crippen LogP contribution in [0.1, 0.15) is 37.3 Å². The van der Waals surface area contributed by atoms with E-state index >= 15 is 0 Å². The van der Waals surface area contributed by atoms with Crippen molar-refractivity contribution in [2.45, 2.75) is 39.5 Å². The minimum absolute atomic E-state index is 0.0562. The van der Waals surface area contributed by atoms with E-state index in [1.54, 1.807) is 6.92 Å². The standard InChI is InChI=1S/C22H31N5O2/c1-15-11-19(6-5-18(15)7-9-24-14-28)26-22(23)20-13-27(16(2)29)10-8-21(20)25-12-17-3-4-17/h5-6,11,14,17,25H,3-4,7-10,12-13H2,1-2H3,(H2,23,26)(H,24,28). The molecule has 3 rings (SSSR count). The molecule has 0 atom stereocenters. The molecule has 1 aromatic rings. The molecule has 1 fully saturated rings. The molecule has 1 aliphatic heterocycles. The molecular weight excluding hydrogens is 366 g/mol. The van der Waals surface area contributed by atoms with Gasteiger partial charge in [0.1, 0.15) is 5.84 Å². The van der Waals surface area contributed by atoms with Crippen LogP contribution >= 0.6 is 0 Å². The van der Waals surface area contributed by atoms with E-state index in [0.29, 0.717) is 31.9 Å². The number of hydrogen-bond acceptors (Lipinski definition) is 4. The summed E-state index contributed by atoms with van der Waals surface area (Å²) in [7, 11) is 0. The van der Waals surface area contributed by atoms with Crippen molar-refractivity contribution in [3.8, 4) is 0 Å². The number of aliphatic imine (C=N–C) groups is 1. The van der Waals surface area contributed by atoms with E-state index in [-0.39, 0.29) is 5.91 Å². The highest BCUT2D eigenvalue weighted by molar-refractivity contribution is 6.00. The molecular formula is C22H31N5O2. The first kappa shape index (κ1) is 20.9. The van der Waals surface area contributed by atoms with Crippen LogP contribution in [0.2, 0.25) is 0 Å². The van der Waals surface area contributed by atoms with E-state index in [1.807, 2.05) is 30.0 Å². The molecule has 2 amide bonds. The third kappa shape index (κ3) is 5.82. The zero-order valence-electron chi connectivity index (χ0n) is 17.3. The Bertz CT molecular complexity index is 826. The van der Waals surface area contributed by atoms with Crippen LogP contribution in [0.3, 0.4) is 0 Å². The van der Waals surface area contributed by atoms with Gasteiger partial charge in [0.2, 0.25) is 12.3 Å². The number of benzene rings is 1. The van der Waals surface area contributed by atoms with E-state index < -0.39 is 0 Å². The molecule has 7 heteroatoms. The number of carbonyl (C=O) groups is 2. The van der Waals surface area contributed by atoms with Crippen molar-refractivity contribution in [2.75, 3.05) is 26.2 Å².